The third kappa shape index (κ3) is 2.30. The van der Waals surface area contributed by atoms with Crippen LogP contribution < -0.4 is 5.73 Å². The summed E-state index contributed by atoms with van der Waals surface area (Å²) in [5.41, 5.74) is 7.98. The van der Waals surface area contributed by atoms with E-state index in [1.54, 1.807) is 4.57 Å². The first-order valence-corrected chi connectivity index (χ1v) is 6.12. The molecule has 0 spiro atoms. The average molecular weight is 246 g/mol. The first kappa shape index (κ1) is 12.8. The van der Waals surface area contributed by atoms with Gasteiger partial charge in [-0.15, -0.1) is 0 Å². The van der Waals surface area contributed by atoms with E-state index in [1.165, 1.54) is 6.92 Å². The SMILES string of the molecule is CC(=O)n1cc([C@@H](N)CCCO)c2ccccc21. The maximum atomic E-state index is 11.6. The fourth-order valence-corrected chi connectivity index (χ4v) is 2.23. The molecule has 4 nitrogen and oxygen atoms in total. The first-order chi connectivity index (χ1) is 8.65. The van der Waals surface area contributed by atoms with Crippen LogP contribution in [0.5, 0.6) is 0 Å². The zero-order valence-corrected chi connectivity index (χ0v) is 10.5. The second-order valence-electron chi connectivity index (χ2n) is 4.46. The van der Waals surface area contributed by atoms with Gasteiger partial charge in [-0.05, 0) is 24.5 Å². The molecule has 1 heterocycles. The lowest BCUT2D eigenvalue weighted by Gasteiger charge is -2.09. The van der Waals surface area contributed by atoms with Gasteiger partial charge in [-0.2, -0.15) is 0 Å². The lowest BCUT2D eigenvalue weighted by Crippen LogP contribution is -2.10. The van der Waals surface area contributed by atoms with Gasteiger partial charge < -0.3 is 10.8 Å². The second-order valence-corrected chi connectivity index (χ2v) is 4.46. The van der Waals surface area contributed by atoms with Crippen LogP contribution in [0.1, 0.15) is 36.2 Å². The maximum absolute atomic E-state index is 11.6. The Labute approximate surface area is 106 Å². The summed E-state index contributed by atoms with van der Waals surface area (Å²) in [4.78, 5) is 11.6. The van der Waals surface area contributed by atoms with Gasteiger partial charge in [0, 0.05) is 31.2 Å². The minimum absolute atomic E-state index is 0.0215. The topological polar surface area (TPSA) is 68.2 Å². The standard InChI is InChI=1S/C14H18N2O2/c1-10(18)16-9-12(13(15)6-4-8-17)11-5-2-3-7-14(11)16/h2-3,5,7,9,13,17H,4,6,8,15H2,1H3/t13-/m0/s1. The van der Waals surface area contributed by atoms with Crippen molar-refractivity contribution in [3.63, 3.8) is 0 Å². The molecule has 4 heteroatoms. The molecule has 0 bridgehead atoms. The quantitative estimate of drug-likeness (QED) is 0.867. The minimum atomic E-state index is -0.150. The Morgan fingerprint density at radius 2 is 2.17 bits per heavy atom. The average Bonchev–Trinajstić information content (AvgIpc) is 2.75. The molecule has 96 valence electrons. The Kier molecular flexibility index (Phi) is 3.79. The highest BCUT2D eigenvalue weighted by atomic mass is 16.2. The number of nitrogens with two attached hydrogens (primary N) is 1. The number of rotatable bonds is 4. The van der Waals surface area contributed by atoms with Crippen molar-refractivity contribution in [1.29, 1.82) is 0 Å². The molecule has 0 saturated heterocycles. The highest BCUT2D eigenvalue weighted by molar-refractivity contribution is 5.93. The molecule has 0 aliphatic carbocycles. The van der Waals surface area contributed by atoms with Crippen molar-refractivity contribution in [2.24, 2.45) is 5.73 Å². The van der Waals surface area contributed by atoms with Crippen LogP contribution in [0, 0.1) is 0 Å². The van der Waals surface area contributed by atoms with Crippen LogP contribution in [-0.4, -0.2) is 22.2 Å². The zero-order valence-electron chi connectivity index (χ0n) is 10.5. The van der Waals surface area contributed by atoms with Crippen LogP contribution in [0.15, 0.2) is 30.5 Å². The molecular formula is C14H18N2O2. The highest BCUT2D eigenvalue weighted by Crippen LogP contribution is 2.27. The summed E-state index contributed by atoms with van der Waals surface area (Å²) in [5.74, 6) is -0.0215. The molecule has 2 rings (SSSR count). The largest absolute Gasteiger partial charge is 0.396 e. The predicted octanol–water partition coefficient (Wildman–Crippen LogP) is 2.07. The number of benzene rings is 1. The number of hydrogen-bond acceptors (Lipinski definition) is 3. The number of carbonyl (C=O) groups is 1. The number of fused-ring (bicyclic) bond motifs is 1. The van der Waals surface area contributed by atoms with E-state index >= 15 is 0 Å². The van der Waals surface area contributed by atoms with E-state index in [9.17, 15) is 4.79 Å². The molecule has 0 amide bonds. The first-order valence-electron chi connectivity index (χ1n) is 6.12. The normalized spacial score (nSPS) is 12.8. The highest BCUT2D eigenvalue weighted by Gasteiger charge is 2.15. The summed E-state index contributed by atoms with van der Waals surface area (Å²) < 4.78 is 1.63. The lowest BCUT2D eigenvalue weighted by atomic mass is 10.0. The van der Waals surface area contributed by atoms with Crippen molar-refractivity contribution < 1.29 is 9.90 Å². The van der Waals surface area contributed by atoms with Gasteiger partial charge in [0.1, 0.15) is 0 Å². The third-order valence-electron chi connectivity index (χ3n) is 3.15. The Hall–Kier alpha value is -1.65. The Bertz CT molecular complexity index is 560. The van der Waals surface area contributed by atoms with E-state index in [2.05, 4.69) is 0 Å². The van der Waals surface area contributed by atoms with Gasteiger partial charge in [0.05, 0.1) is 5.52 Å². The molecule has 0 fully saturated rings. The van der Waals surface area contributed by atoms with E-state index < -0.39 is 0 Å². The molecule has 0 saturated carbocycles. The molecular weight excluding hydrogens is 228 g/mol. The number of hydrogen-bond donors (Lipinski definition) is 2. The smallest absolute Gasteiger partial charge is 0.227 e. The fraction of sp³-hybridized carbons (Fsp3) is 0.357. The van der Waals surface area contributed by atoms with E-state index in [0.29, 0.717) is 12.8 Å². The number of nitrogens with zero attached hydrogens (tertiary/aromatic N) is 1. The van der Waals surface area contributed by atoms with Crippen LogP contribution >= 0.6 is 0 Å². The van der Waals surface area contributed by atoms with Crippen LogP contribution in [0.4, 0.5) is 0 Å². The Morgan fingerprint density at radius 1 is 1.44 bits per heavy atom. The molecule has 0 aliphatic heterocycles. The van der Waals surface area contributed by atoms with Crippen LogP contribution in [0.25, 0.3) is 10.9 Å². The number of aromatic nitrogens is 1. The number of carbonyl (C=O) groups excluding carboxylic acids is 1. The fourth-order valence-electron chi connectivity index (χ4n) is 2.23. The summed E-state index contributed by atoms with van der Waals surface area (Å²) in [5, 5.41) is 9.87. The van der Waals surface area contributed by atoms with Crippen molar-refractivity contribution >= 4 is 16.8 Å². The molecule has 0 aliphatic rings. The summed E-state index contributed by atoms with van der Waals surface area (Å²) in [6.07, 6.45) is 3.19. The molecule has 3 N–H and O–H groups in total. The van der Waals surface area contributed by atoms with E-state index in [0.717, 1.165) is 16.5 Å². The lowest BCUT2D eigenvalue weighted by molar-refractivity contribution is 0.0941. The minimum Gasteiger partial charge on any atom is -0.396 e. The molecule has 0 unspecified atom stereocenters. The maximum Gasteiger partial charge on any atom is 0.227 e. The zero-order chi connectivity index (χ0) is 13.1. The second kappa shape index (κ2) is 5.33. The van der Waals surface area contributed by atoms with Gasteiger partial charge in [-0.3, -0.25) is 9.36 Å². The summed E-state index contributed by atoms with van der Waals surface area (Å²) in [6, 6.07) is 7.59. The van der Waals surface area contributed by atoms with E-state index in [1.807, 2.05) is 30.5 Å². The van der Waals surface area contributed by atoms with E-state index in [4.69, 9.17) is 10.8 Å². The summed E-state index contributed by atoms with van der Waals surface area (Å²) in [6.45, 7) is 1.68. The van der Waals surface area contributed by atoms with Crippen molar-refractivity contribution in [3.05, 3.63) is 36.0 Å². The van der Waals surface area contributed by atoms with Gasteiger partial charge in [0.2, 0.25) is 5.91 Å². The van der Waals surface area contributed by atoms with Gasteiger partial charge in [-0.1, -0.05) is 18.2 Å². The molecule has 1 aromatic heterocycles. The van der Waals surface area contributed by atoms with Crippen molar-refractivity contribution in [1.82, 2.24) is 4.57 Å². The van der Waals surface area contributed by atoms with Gasteiger partial charge in [0.15, 0.2) is 0 Å². The molecule has 1 aromatic carbocycles. The van der Waals surface area contributed by atoms with Gasteiger partial charge >= 0.3 is 0 Å². The van der Waals surface area contributed by atoms with Crippen molar-refractivity contribution in [2.45, 2.75) is 25.8 Å². The molecule has 1 atom stereocenters. The van der Waals surface area contributed by atoms with E-state index in [-0.39, 0.29) is 18.6 Å². The van der Waals surface area contributed by atoms with Crippen LogP contribution in [-0.2, 0) is 0 Å². The van der Waals surface area contributed by atoms with Gasteiger partial charge in [-0.25, -0.2) is 0 Å². The number of para-hydroxylation sites is 1. The summed E-state index contributed by atoms with van der Waals surface area (Å²) >= 11 is 0. The summed E-state index contributed by atoms with van der Waals surface area (Å²) in [7, 11) is 0. The number of aliphatic hydroxyl groups is 1. The van der Waals surface area contributed by atoms with Crippen LogP contribution in [0.2, 0.25) is 0 Å². The van der Waals surface area contributed by atoms with Crippen molar-refractivity contribution in [3.8, 4) is 0 Å². The predicted molar refractivity (Wildman–Crippen MR) is 71.5 cm³/mol. The van der Waals surface area contributed by atoms with Crippen LogP contribution in [0.3, 0.4) is 0 Å². The molecule has 2 aromatic rings. The number of aliphatic hydroxyl groups excluding tert-OH is 1. The Balaban J connectivity index is 2.47. The van der Waals surface area contributed by atoms with Gasteiger partial charge in [0.25, 0.3) is 0 Å². The molecule has 18 heavy (non-hydrogen) atoms. The Morgan fingerprint density at radius 3 is 2.83 bits per heavy atom. The molecule has 0 radical (unpaired) electrons. The third-order valence-corrected chi connectivity index (χ3v) is 3.15. The monoisotopic (exact) mass is 246 g/mol. The van der Waals surface area contributed by atoms with Crippen molar-refractivity contribution in [2.75, 3.05) is 6.61 Å².